The Morgan fingerprint density at radius 2 is 2.00 bits per heavy atom. The van der Waals surface area contributed by atoms with Crippen molar-refractivity contribution in [2.75, 3.05) is 7.11 Å². The van der Waals surface area contributed by atoms with Crippen LogP contribution in [0.4, 0.5) is 0 Å². The second-order valence-electron chi connectivity index (χ2n) is 4.03. The van der Waals surface area contributed by atoms with E-state index in [0.29, 0.717) is 27.3 Å². The molecule has 2 rings (SSSR count). The number of carboxylic acids is 1. The van der Waals surface area contributed by atoms with E-state index in [1.54, 1.807) is 18.2 Å². The molecule has 1 N–H and O–H groups in total. The molecule has 21 heavy (non-hydrogen) atoms. The first-order chi connectivity index (χ1) is 10.0. The van der Waals surface area contributed by atoms with Crippen molar-refractivity contribution in [1.29, 1.82) is 5.26 Å². The molecule has 2 aromatic carbocycles. The summed E-state index contributed by atoms with van der Waals surface area (Å²) in [7, 11) is 1.43. The van der Waals surface area contributed by atoms with Crippen molar-refractivity contribution in [3.8, 4) is 23.3 Å². The molecule has 0 fully saturated rings. The van der Waals surface area contributed by atoms with Crippen molar-refractivity contribution in [2.45, 2.75) is 0 Å². The van der Waals surface area contributed by atoms with Gasteiger partial charge in [0.05, 0.1) is 18.2 Å². The van der Waals surface area contributed by atoms with Gasteiger partial charge in [-0.25, -0.2) is 4.79 Å². The van der Waals surface area contributed by atoms with Gasteiger partial charge in [0.1, 0.15) is 11.8 Å². The second-order valence-corrected chi connectivity index (χ2v) is 4.88. The summed E-state index contributed by atoms with van der Waals surface area (Å²) in [6.07, 6.45) is 0. The molecule has 0 amide bonds. The molecule has 0 radical (unpaired) electrons. The van der Waals surface area contributed by atoms with Crippen molar-refractivity contribution in [2.24, 2.45) is 0 Å². The zero-order valence-electron chi connectivity index (χ0n) is 11.0. The van der Waals surface area contributed by atoms with Crippen LogP contribution >= 0.6 is 15.9 Å². The van der Waals surface area contributed by atoms with Gasteiger partial charge in [0.15, 0.2) is 11.5 Å². The predicted octanol–water partition coefficient (Wildman–Crippen LogP) is 3.82. The minimum atomic E-state index is -1.04. The van der Waals surface area contributed by atoms with Crippen LogP contribution in [0.1, 0.15) is 15.9 Å². The molecule has 0 atom stereocenters. The molecule has 0 spiro atoms. The van der Waals surface area contributed by atoms with Crippen molar-refractivity contribution in [1.82, 2.24) is 0 Å². The van der Waals surface area contributed by atoms with Crippen LogP contribution in [-0.4, -0.2) is 18.2 Å². The molecule has 2 aromatic rings. The van der Waals surface area contributed by atoms with Gasteiger partial charge in [-0.1, -0.05) is 0 Å². The van der Waals surface area contributed by atoms with Gasteiger partial charge in [-0.3, -0.25) is 0 Å². The van der Waals surface area contributed by atoms with Crippen LogP contribution in [0.25, 0.3) is 0 Å². The van der Waals surface area contributed by atoms with Crippen molar-refractivity contribution >= 4 is 21.9 Å². The molecule has 0 saturated carbocycles. The number of hydrogen-bond acceptors (Lipinski definition) is 4. The number of aromatic carboxylic acids is 1. The number of rotatable bonds is 4. The Hall–Kier alpha value is -2.52. The Morgan fingerprint density at radius 1 is 1.24 bits per heavy atom. The summed E-state index contributed by atoms with van der Waals surface area (Å²) < 4.78 is 11.4. The maximum Gasteiger partial charge on any atom is 0.335 e. The molecule has 0 bridgehead atoms. The van der Waals surface area contributed by atoms with E-state index in [-0.39, 0.29) is 5.56 Å². The van der Waals surface area contributed by atoms with Gasteiger partial charge >= 0.3 is 5.97 Å². The zero-order valence-corrected chi connectivity index (χ0v) is 12.5. The van der Waals surface area contributed by atoms with Crippen molar-refractivity contribution in [3.63, 3.8) is 0 Å². The Bertz CT molecular complexity index is 737. The summed E-state index contributed by atoms with van der Waals surface area (Å²) in [4.78, 5) is 10.9. The van der Waals surface area contributed by atoms with Crippen LogP contribution in [0, 0.1) is 11.3 Å². The van der Waals surface area contributed by atoms with Gasteiger partial charge in [0, 0.05) is 4.47 Å². The van der Waals surface area contributed by atoms with Gasteiger partial charge in [-0.2, -0.15) is 5.26 Å². The number of benzene rings is 2. The second kappa shape index (κ2) is 6.29. The van der Waals surface area contributed by atoms with E-state index in [4.69, 9.17) is 19.8 Å². The van der Waals surface area contributed by atoms with Crippen LogP contribution in [0.3, 0.4) is 0 Å². The first-order valence-electron chi connectivity index (χ1n) is 5.84. The lowest BCUT2D eigenvalue weighted by Gasteiger charge is -2.11. The molecular weight excluding hydrogens is 338 g/mol. The number of carboxylic acid groups (broad SMARTS) is 1. The molecule has 0 aromatic heterocycles. The molecular formula is C15H10BrNO4. The van der Waals surface area contributed by atoms with Gasteiger partial charge in [0.25, 0.3) is 0 Å². The van der Waals surface area contributed by atoms with E-state index >= 15 is 0 Å². The summed E-state index contributed by atoms with van der Waals surface area (Å²) in [5, 5.41) is 17.8. The van der Waals surface area contributed by atoms with E-state index in [1.165, 1.54) is 25.3 Å². The highest BCUT2D eigenvalue weighted by Crippen LogP contribution is 2.33. The third kappa shape index (κ3) is 3.33. The van der Waals surface area contributed by atoms with E-state index in [2.05, 4.69) is 15.9 Å². The summed E-state index contributed by atoms with van der Waals surface area (Å²) in [6, 6.07) is 11.3. The highest BCUT2D eigenvalue weighted by molar-refractivity contribution is 9.10. The number of methoxy groups -OCH3 is 1. The topological polar surface area (TPSA) is 79.6 Å². The Kier molecular flexibility index (Phi) is 4.45. The number of nitrogens with zero attached hydrogens (tertiary/aromatic N) is 1. The lowest BCUT2D eigenvalue weighted by molar-refractivity contribution is 0.0696. The standard InChI is InChI=1S/C15H10BrNO4/c1-20-14-6-9(15(18)19)3-5-13(14)21-11-4-2-10(8-17)12(16)7-11/h2-7H,1H3,(H,18,19). The number of carbonyl (C=O) groups is 1. The van der Waals surface area contributed by atoms with E-state index in [1.807, 2.05) is 6.07 Å². The molecule has 6 heteroatoms. The molecule has 0 heterocycles. The maximum absolute atomic E-state index is 10.9. The lowest BCUT2D eigenvalue weighted by Crippen LogP contribution is -1.98. The van der Waals surface area contributed by atoms with Gasteiger partial charge in [-0.15, -0.1) is 0 Å². The Morgan fingerprint density at radius 3 is 2.57 bits per heavy atom. The monoisotopic (exact) mass is 347 g/mol. The van der Waals surface area contributed by atoms with Gasteiger partial charge in [0.2, 0.25) is 0 Å². The average molecular weight is 348 g/mol. The summed E-state index contributed by atoms with van der Waals surface area (Å²) in [6.45, 7) is 0. The van der Waals surface area contributed by atoms with Gasteiger partial charge < -0.3 is 14.6 Å². The third-order valence-corrected chi connectivity index (χ3v) is 3.36. The van der Waals surface area contributed by atoms with Crippen LogP contribution in [-0.2, 0) is 0 Å². The molecule has 0 aliphatic rings. The van der Waals surface area contributed by atoms with Crippen LogP contribution in [0.5, 0.6) is 17.2 Å². The maximum atomic E-state index is 10.9. The van der Waals surface area contributed by atoms with E-state index < -0.39 is 5.97 Å². The molecule has 0 aliphatic heterocycles. The lowest BCUT2D eigenvalue weighted by atomic mass is 10.2. The fourth-order valence-corrected chi connectivity index (χ4v) is 2.11. The minimum absolute atomic E-state index is 0.111. The SMILES string of the molecule is COc1cc(C(=O)O)ccc1Oc1ccc(C#N)c(Br)c1. The first kappa shape index (κ1) is 14.9. The fourth-order valence-electron chi connectivity index (χ4n) is 1.66. The van der Waals surface area contributed by atoms with E-state index in [0.717, 1.165) is 0 Å². The summed E-state index contributed by atoms with van der Waals surface area (Å²) in [5.41, 5.74) is 0.607. The number of nitriles is 1. The Balaban J connectivity index is 2.33. The average Bonchev–Trinajstić information content (AvgIpc) is 2.47. The normalized spacial score (nSPS) is 9.76. The van der Waals surface area contributed by atoms with Crippen molar-refractivity contribution in [3.05, 3.63) is 52.0 Å². The Labute approximate surface area is 129 Å². The minimum Gasteiger partial charge on any atom is -0.493 e. The molecule has 5 nitrogen and oxygen atoms in total. The fraction of sp³-hybridized carbons (Fsp3) is 0.0667. The summed E-state index contributed by atoms with van der Waals surface area (Å²) in [5.74, 6) is 0.165. The molecule has 106 valence electrons. The quantitative estimate of drug-likeness (QED) is 0.909. The predicted molar refractivity (Wildman–Crippen MR) is 78.9 cm³/mol. The summed E-state index contributed by atoms with van der Waals surface area (Å²) >= 11 is 3.28. The first-order valence-corrected chi connectivity index (χ1v) is 6.63. The van der Waals surface area contributed by atoms with Crippen LogP contribution in [0.15, 0.2) is 40.9 Å². The molecule has 0 aliphatic carbocycles. The number of hydrogen-bond donors (Lipinski definition) is 1. The smallest absolute Gasteiger partial charge is 0.335 e. The number of ether oxygens (including phenoxy) is 2. The highest BCUT2D eigenvalue weighted by Gasteiger charge is 2.11. The van der Waals surface area contributed by atoms with Crippen LogP contribution < -0.4 is 9.47 Å². The van der Waals surface area contributed by atoms with Crippen LogP contribution in [0.2, 0.25) is 0 Å². The highest BCUT2D eigenvalue weighted by atomic mass is 79.9. The molecule has 0 unspecified atom stereocenters. The van der Waals surface area contributed by atoms with E-state index in [9.17, 15) is 4.79 Å². The zero-order chi connectivity index (χ0) is 15.4. The van der Waals surface area contributed by atoms with Gasteiger partial charge in [-0.05, 0) is 52.3 Å². The largest absolute Gasteiger partial charge is 0.493 e. The third-order valence-electron chi connectivity index (χ3n) is 2.70. The number of halogens is 1. The van der Waals surface area contributed by atoms with Crippen molar-refractivity contribution < 1.29 is 19.4 Å². The molecule has 0 saturated heterocycles.